The van der Waals surface area contributed by atoms with Gasteiger partial charge in [-0.15, -0.1) is 0 Å². The fourth-order valence-corrected chi connectivity index (χ4v) is 2.33. The molecule has 1 aromatic heterocycles. The number of ether oxygens (including phenoxy) is 1. The van der Waals surface area contributed by atoms with Crippen molar-refractivity contribution in [1.29, 1.82) is 0 Å². The third-order valence-electron chi connectivity index (χ3n) is 2.72. The molecule has 0 saturated carbocycles. The van der Waals surface area contributed by atoms with Crippen LogP contribution in [0.4, 0.5) is 10.2 Å². The number of nitrogens with two attached hydrogens (primary N) is 1. The van der Waals surface area contributed by atoms with Crippen LogP contribution in [0.5, 0.6) is 0 Å². The van der Waals surface area contributed by atoms with Crippen molar-refractivity contribution in [1.82, 2.24) is 9.97 Å². The van der Waals surface area contributed by atoms with E-state index < -0.39 is 11.8 Å². The second-order valence-corrected chi connectivity index (χ2v) is 5.19. The molecule has 0 fully saturated rings. The number of anilines is 1. The van der Waals surface area contributed by atoms with E-state index in [0.717, 1.165) is 0 Å². The van der Waals surface area contributed by atoms with Gasteiger partial charge in [-0.2, -0.15) is 0 Å². The number of halogens is 2. The van der Waals surface area contributed by atoms with Gasteiger partial charge in [0.1, 0.15) is 17.2 Å². The summed E-state index contributed by atoms with van der Waals surface area (Å²) in [5.74, 6) is -0.734. The fourth-order valence-electron chi connectivity index (χ4n) is 1.86. The van der Waals surface area contributed by atoms with Crippen molar-refractivity contribution in [3.05, 3.63) is 39.7 Å². The number of benzene rings is 1. The van der Waals surface area contributed by atoms with Crippen LogP contribution in [0.1, 0.15) is 23.0 Å². The summed E-state index contributed by atoms with van der Waals surface area (Å²) in [5, 5.41) is 0. The summed E-state index contributed by atoms with van der Waals surface area (Å²) >= 11 is 3.20. The van der Waals surface area contributed by atoms with Crippen molar-refractivity contribution in [2.45, 2.75) is 13.8 Å². The summed E-state index contributed by atoms with van der Waals surface area (Å²) in [6, 6.07) is 4.29. The van der Waals surface area contributed by atoms with E-state index in [1.807, 2.05) is 0 Å². The van der Waals surface area contributed by atoms with Crippen LogP contribution in [-0.2, 0) is 4.74 Å². The Morgan fingerprint density at radius 3 is 2.67 bits per heavy atom. The summed E-state index contributed by atoms with van der Waals surface area (Å²) in [6.45, 7) is 3.56. The smallest absolute Gasteiger partial charge is 0.343 e. The van der Waals surface area contributed by atoms with Crippen LogP contribution in [0, 0.1) is 12.7 Å². The van der Waals surface area contributed by atoms with Crippen LogP contribution in [0.15, 0.2) is 22.7 Å². The highest BCUT2D eigenvalue weighted by Crippen LogP contribution is 2.25. The maximum absolute atomic E-state index is 13.4. The Balaban J connectivity index is 2.51. The van der Waals surface area contributed by atoms with Gasteiger partial charge in [-0.05, 0) is 32.0 Å². The molecule has 1 heterocycles. The summed E-state index contributed by atoms with van der Waals surface area (Å²) in [7, 11) is 0. The van der Waals surface area contributed by atoms with E-state index in [1.54, 1.807) is 19.9 Å². The second kappa shape index (κ2) is 6.17. The van der Waals surface area contributed by atoms with Gasteiger partial charge in [-0.1, -0.05) is 15.9 Å². The number of esters is 1. The van der Waals surface area contributed by atoms with Crippen molar-refractivity contribution in [2.24, 2.45) is 0 Å². The molecule has 21 heavy (non-hydrogen) atoms. The first-order valence-electron chi connectivity index (χ1n) is 6.20. The molecule has 110 valence electrons. The summed E-state index contributed by atoms with van der Waals surface area (Å²) in [6.07, 6.45) is 0. The Hall–Kier alpha value is -2.02. The Bertz CT molecular complexity index is 663. The van der Waals surface area contributed by atoms with Gasteiger partial charge in [0.05, 0.1) is 12.3 Å². The average molecular weight is 354 g/mol. The molecule has 1 aromatic carbocycles. The van der Waals surface area contributed by atoms with E-state index in [4.69, 9.17) is 10.5 Å². The number of carbonyl (C=O) groups excluding carboxylic acids is 1. The van der Waals surface area contributed by atoms with Crippen molar-refractivity contribution in [3.8, 4) is 11.4 Å². The third kappa shape index (κ3) is 3.36. The lowest BCUT2D eigenvalue weighted by atomic mass is 10.1. The number of aromatic nitrogens is 2. The Morgan fingerprint density at radius 1 is 1.38 bits per heavy atom. The number of hydrogen-bond acceptors (Lipinski definition) is 5. The van der Waals surface area contributed by atoms with E-state index >= 15 is 0 Å². The zero-order valence-corrected chi connectivity index (χ0v) is 13.1. The minimum absolute atomic E-state index is 0.0105. The molecule has 0 amide bonds. The lowest BCUT2D eigenvalue weighted by molar-refractivity contribution is 0.0526. The van der Waals surface area contributed by atoms with Gasteiger partial charge in [0.15, 0.2) is 5.82 Å². The van der Waals surface area contributed by atoms with E-state index in [1.165, 1.54) is 12.1 Å². The zero-order valence-electron chi connectivity index (χ0n) is 11.5. The molecule has 0 saturated heterocycles. The predicted octanol–water partition coefficient (Wildman–Crippen LogP) is 3.11. The highest BCUT2D eigenvalue weighted by atomic mass is 79.9. The zero-order chi connectivity index (χ0) is 15.6. The van der Waals surface area contributed by atoms with Gasteiger partial charge in [-0.3, -0.25) is 0 Å². The lowest BCUT2D eigenvalue weighted by Gasteiger charge is -2.10. The quantitative estimate of drug-likeness (QED) is 0.857. The van der Waals surface area contributed by atoms with E-state index in [-0.39, 0.29) is 23.8 Å². The predicted molar refractivity (Wildman–Crippen MR) is 80.2 cm³/mol. The summed E-state index contributed by atoms with van der Waals surface area (Å²) < 4.78 is 18.9. The van der Waals surface area contributed by atoms with Crippen LogP contribution in [0.25, 0.3) is 11.4 Å². The van der Waals surface area contributed by atoms with Crippen LogP contribution in [-0.4, -0.2) is 22.5 Å². The number of rotatable bonds is 3. The molecule has 0 atom stereocenters. The highest BCUT2D eigenvalue weighted by molar-refractivity contribution is 9.10. The van der Waals surface area contributed by atoms with Crippen molar-refractivity contribution in [3.63, 3.8) is 0 Å². The molecular formula is C14H13BrFN3O2. The molecule has 0 spiro atoms. The third-order valence-corrected chi connectivity index (χ3v) is 3.18. The van der Waals surface area contributed by atoms with Gasteiger partial charge < -0.3 is 10.5 Å². The van der Waals surface area contributed by atoms with Gasteiger partial charge in [0.25, 0.3) is 0 Å². The molecule has 2 N–H and O–H groups in total. The topological polar surface area (TPSA) is 78.1 Å². The molecule has 2 aromatic rings. The Morgan fingerprint density at radius 2 is 2.10 bits per heavy atom. The van der Waals surface area contributed by atoms with E-state index in [0.29, 0.717) is 15.7 Å². The lowest BCUT2D eigenvalue weighted by Crippen LogP contribution is -2.13. The summed E-state index contributed by atoms with van der Waals surface area (Å²) in [5.41, 5.74) is 6.80. The molecule has 2 rings (SSSR count). The number of carbonyl (C=O) groups is 1. The molecule has 0 aliphatic rings. The average Bonchev–Trinajstić information content (AvgIpc) is 2.36. The van der Waals surface area contributed by atoms with Gasteiger partial charge >= 0.3 is 5.97 Å². The van der Waals surface area contributed by atoms with Gasteiger partial charge in [-0.25, -0.2) is 19.2 Å². The molecule has 0 unspecified atom stereocenters. The molecule has 0 aliphatic carbocycles. The van der Waals surface area contributed by atoms with Crippen LogP contribution in [0.3, 0.4) is 0 Å². The highest BCUT2D eigenvalue weighted by Gasteiger charge is 2.18. The van der Waals surface area contributed by atoms with E-state index in [9.17, 15) is 9.18 Å². The molecule has 0 aliphatic heterocycles. The first kappa shape index (κ1) is 15.4. The number of nitrogens with zero attached hydrogens (tertiary/aromatic N) is 2. The molecule has 7 heteroatoms. The monoisotopic (exact) mass is 353 g/mol. The number of aryl methyl sites for hydroxylation is 1. The first-order valence-corrected chi connectivity index (χ1v) is 6.99. The van der Waals surface area contributed by atoms with Gasteiger partial charge in [0, 0.05) is 10.0 Å². The maximum atomic E-state index is 13.4. The van der Waals surface area contributed by atoms with E-state index in [2.05, 4.69) is 25.9 Å². The van der Waals surface area contributed by atoms with Crippen LogP contribution in [0.2, 0.25) is 0 Å². The fraction of sp³-hybridized carbons (Fsp3) is 0.214. The SMILES string of the molecule is CCOC(=O)c1c(C)nc(-c2cc(F)cc(Br)c2)nc1N. The molecule has 5 nitrogen and oxygen atoms in total. The molecular weight excluding hydrogens is 341 g/mol. The minimum Gasteiger partial charge on any atom is -0.462 e. The first-order chi connectivity index (χ1) is 9.92. The van der Waals surface area contributed by atoms with Gasteiger partial charge in [0.2, 0.25) is 0 Å². The van der Waals surface area contributed by atoms with Crippen molar-refractivity contribution in [2.75, 3.05) is 12.3 Å². The summed E-state index contributed by atoms with van der Waals surface area (Å²) in [4.78, 5) is 20.1. The molecule has 0 bridgehead atoms. The number of hydrogen-bond donors (Lipinski definition) is 1. The Labute approximate surface area is 129 Å². The van der Waals surface area contributed by atoms with Crippen LogP contribution < -0.4 is 5.73 Å². The minimum atomic E-state index is -0.570. The maximum Gasteiger partial charge on any atom is 0.343 e. The van der Waals surface area contributed by atoms with Crippen LogP contribution >= 0.6 is 15.9 Å². The number of nitrogen functional groups attached to an aromatic ring is 1. The molecule has 0 radical (unpaired) electrons. The van der Waals surface area contributed by atoms with Crippen molar-refractivity contribution < 1.29 is 13.9 Å². The largest absolute Gasteiger partial charge is 0.462 e. The standard InChI is InChI=1S/C14H13BrFN3O2/c1-3-21-14(20)11-7(2)18-13(19-12(11)17)8-4-9(15)6-10(16)5-8/h4-6H,3H2,1-2H3,(H2,17,18,19). The Kier molecular flexibility index (Phi) is 4.52. The normalized spacial score (nSPS) is 10.5. The van der Waals surface area contributed by atoms with Crippen molar-refractivity contribution >= 4 is 27.7 Å². The second-order valence-electron chi connectivity index (χ2n) is 4.27.